The van der Waals surface area contributed by atoms with E-state index in [1.807, 2.05) is 24.3 Å². The van der Waals surface area contributed by atoms with Crippen LogP contribution in [0.4, 0.5) is 21.9 Å². The van der Waals surface area contributed by atoms with Gasteiger partial charge in [-0.05, 0) is 24.3 Å². The van der Waals surface area contributed by atoms with Crippen molar-refractivity contribution in [3.05, 3.63) is 48.8 Å². The summed E-state index contributed by atoms with van der Waals surface area (Å²) in [6.45, 7) is 2.58. The Labute approximate surface area is 158 Å². The van der Waals surface area contributed by atoms with Gasteiger partial charge in [-0.3, -0.25) is 9.78 Å². The Morgan fingerprint density at radius 1 is 1.11 bits per heavy atom. The molecule has 1 aliphatic rings. The standard InChI is InChI=1S/C19H23N5O3/c1-22(14-18(25)26)17-5-3-2-4-16(17)21-19(27)24-12-10-23(11-13-24)15-6-8-20-9-7-15/h2-9H,10-14H2,1H3,(H,21,27)(H,25,26). The van der Waals surface area contributed by atoms with Crippen molar-refractivity contribution in [2.75, 3.05) is 54.9 Å². The van der Waals surface area contributed by atoms with Crippen molar-refractivity contribution >= 4 is 29.1 Å². The lowest BCUT2D eigenvalue weighted by atomic mass is 10.2. The summed E-state index contributed by atoms with van der Waals surface area (Å²) in [6.07, 6.45) is 3.53. The molecule has 2 amide bonds. The van der Waals surface area contributed by atoms with E-state index in [0.717, 1.165) is 18.8 Å². The average Bonchev–Trinajstić information content (AvgIpc) is 2.68. The molecule has 0 aliphatic carbocycles. The summed E-state index contributed by atoms with van der Waals surface area (Å²) in [5.74, 6) is -0.925. The van der Waals surface area contributed by atoms with Gasteiger partial charge in [0, 0.05) is 51.3 Å². The van der Waals surface area contributed by atoms with Crippen LogP contribution in [0.15, 0.2) is 48.8 Å². The van der Waals surface area contributed by atoms with Gasteiger partial charge in [0.05, 0.1) is 11.4 Å². The van der Waals surface area contributed by atoms with Crippen molar-refractivity contribution in [2.45, 2.75) is 0 Å². The lowest BCUT2D eigenvalue weighted by molar-refractivity contribution is -0.135. The van der Waals surface area contributed by atoms with E-state index >= 15 is 0 Å². The van der Waals surface area contributed by atoms with Crippen molar-refractivity contribution < 1.29 is 14.7 Å². The third kappa shape index (κ3) is 4.66. The number of amides is 2. The first-order chi connectivity index (χ1) is 13.0. The molecule has 1 saturated heterocycles. The maximum atomic E-state index is 12.7. The molecule has 1 aliphatic heterocycles. The average molecular weight is 369 g/mol. The van der Waals surface area contributed by atoms with Crippen molar-refractivity contribution in [2.24, 2.45) is 0 Å². The molecule has 1 aromatic carbocycles. The van der Waals surface area contributed by atoms with Crippen LogP contribution < -0.4 is 15.1 Å². The van der Waals surface area contributed by atoms with Gasteiger partial charge in [0.25, 0.3) is 0 Å². The van der Waals surface area contributed by atoms with Gasteiger partial charge in [-0.25, -0.2) is 4.79 Å². The Balaban J connectivity index is 1.61. The van der Waals surface area contributed by atoms with Crippen LogP contribution in [0.1, 0.15) is 0 Å². The van der Waals surface area contributed by atoms with Gasteiger partial charge in [0.2, 0.25) is 0 Å². The molecule has 8 nitrogen and oxygen atoms in total. The molecule has 0 bridgehead atoms. The number of pyridine rings is 1. The van der Waals surface area contributed by atoms with E-state index in [1.54, 1.807) is 41.4 Å². The summed E-state index contributed by atoms with van der Waals surface area (Å²) in [6, 6.07) is 10.9. The number of hydrogen-bond donors (Lipinski definition) is 2. The Hall–Kier alpha value is -3.29. The van der Waals surface area contributed by atoms with Gasteiger partial charge in [0.1, 0.15) is 6.54 Å². The maximum absolute atomic E-state index is 12.7. The molecular formula is C19H23N5O3. The summed E-state index contributed by atoms with van der Waals surface area (Å²) in [5.41, 5.74) is 2.37. The molecule has 0 atom stereocenters. The number of benzene rings is 1. The maximum Gasteiger partial charge on any atom is 0.323 e. The summed E-state index contributed by atoms with van der Waals surface area (Å²) in [5, 5.41) is 11.9. The summed E-state index contributed by atoms with van der Waals surface area (Å²) < 4.78 is 0. The fourth-order valence-electron chi connectivity index (χ4n) is 3.12. The van der Waals surface area contributed by atoms with E-state index < -0.39 is 5.97 Å². The van der Waals surface area contributed by atoms with Gasteiger partial charge in [-0.1, -0.05) is 12.1 Å². The number of carboxylic acids is 1. The van der Waals surface area contributed by atoms with Gasteiger partial charge in [0.15, 0.2) is 0 Å². The molecule has 3 rings (SSSR count). The number of aliphatic carboxylic acids is 1. The number of carbonyl (C=O) groups is 2. The number of carboxylic acid groups (broad SMARTS) is 1. The molecule has 1 aromatic heterocycles. The van der Waals surface area contributed by atoms with Crippen LogP contribution in [-0.2, 0) is 4.79 Å². The third-order valence-electron chi connectivity index (χ3n) is 4.52. The number of nitrogens with zero attached hydrogens (tertiary/aromatic N) is 4. The first kappa shape index (κ1) is 18.5. The Kier molecular flexibility index (Phi) is 5.75. The van der Waals surface area contributed by atoms with Gasteiger partial charge in [-0.15, -0.1) is 0 Å². The fourth-order valence-corrected chi connectivity index (χ4v) is 3.12. The zero-order chi connectivity index (χ0) is 19.2. The molecule has 1 fully saturated rings. The highest BCUT2D eigenvalue weighted by atomic mass is 16.4. The molecule has 8 heteroatoms. The van der Waals surface area contributed by atoms with Crippen molar-refractivity contribution in [1.29, 1.82) is 0 Å². The van der Waals surface area contributed by atoms with Crippen LogP contribution in [0.3, 0.4) is 0 Å². The third-order valence-corrected chi connectivity index (χ3v) is 4.52. The van der Waals surface area contributed by atoms with E-state index in [9.17, 15) is 9.59 Å². The lowest BCUT2D eigenvalue weighted by Crippen LogP contribution is -2.50. The second kappa shape index (κ2) is 8.39. The lowest BCUT2D eigenvalue weighted by Gasteiger charge is -2.36. The van der Waals surface area contributed by atoms with Crippen LogP contribution in [-0.4, -0.2) is 66.8 Å². The summed E-state index contributed by atoms with van der Waals surface area (Å²) in [7, 11) is 1.69. The highest BCUT2D eigenvalue weighted by Gasteiger charge is 2.22. The van der Waals surface area contributed by atoms with Gasteiger partial charge in [-0.2, -0.15) is 0 Å². The second-order valence-corrected chi connectivity index (χ2v) is 6.38. The number of aromatic nitrogens is 1. The Morgan fingerprint density at radius 2 is 1.78 bits per heavy atom. The highest BCUT2D eigenvalue weighted by Crippen LogP contribution is 2.25. The number of urea groups is 1. The van der Waals surface area contributed by atoms with E-state index in [4.69, 9.17) is 5.11 Å². The summed E-state index contributed by atoms with van der Waals surface area (Å²) >= 11 is 0. The van der Waals surface area contributed by atoms with Crippen molar-refractivity contribution in [1.82, 2.24) is 9.88 Å². The molecule has 2 aromatic rings. The molecule has 0 saturated carbocycles. The zero-order valence-electron chi connectivity index (χ0n) is 15.2. The monoisotopic (exact) mass is 369 g/mol. The molecule has 0 unspecified atom stereocenters. The van der Waals surface area contributed by atoms with Crippen LogP contribution in [0, 0.1) is 0 Å². The van der Waals surface area contributed by atoms with Crippen LogP contribution in [0.5, 0.6) is 0 Å². The number of hydrogen-bond acceptors (Lipinski definition) is 5. The number of carbonyl (C=O) groups excluding carboxylic acids is 1. The smallest absolute Gasteiger partial charge is 0.323 e. The molecule has 0 radical (unpaired) electrons. The predicted octanol–water partition coefficient (Wildman–Crippen LogP) is 1.96. The number of para-hydroxylation sites is 2. The number of nitrogens with one attached hydrogen (secondary N) is 1. The molecule has 142 valence electrons. The predicted molar refractivity (Wildman–Crippen MR) is 104 cm³/mol. The van der Waals surface area contributed by atoms with Gasteiger partial charge >= 0.3 is 12.0 Å². The Morgan fingerprint density at radius 3 is 2.44 bits per heavy atom. The van der Waals surface area contributed by atoms with Crippen molar-refractivity contribution in [3.8, 4) is 0 Å². The minimum Gasteiger partial charge on any atom is -0.480 e. The molecule has 2 N–H and O–H groups in total. The molecular weight excluding hydrogens is 346 g/mol. The quantitative estimate of drug-likeness (QED) is 0.838. The Bertz CT molecular complexity index is 791. The fraction of sp³-hybridized carbons (Fsp3) is 0.316. The first-order valence-corrected chi connectivity index (χ1v) is 8.77. The van der Waals surface area contributed by atoms with Crippen LogP contribution >= 0.6 is 0 Å². The normalized spacial score (nSPS) is 14.0. The molecule has 0 spiro atoms. The minimum atomic E-state index is -0.925. The van der Waals surface area contributed by atoms with E-state index in [0.29, 0.717) is 24.5 Å². The van der Waals surface area contributed by atoms with E-state index in [2.05, 4.69) is 15.2 Å². The van der Waals surface area contributed by atoms with Crippen LogP contribution in [0.2, 0.25) is 0 Å². The zero-order valence-corrected chi connectivity index (χ0v) is 15.2. The number of anilines is 3. The number of rotatable bonds is 5. The second-order valence-electron chi connectivity index (χ2n) is 6.38. The SMILES string of the molecule is CN(CC(=O)O)c1ccccc1NC(=O)N1CCN(c2ccncc2)CC1. The highest BCUT2D eigenvalue weighted by molar-refractivity contribution is 5.93. The minimum absolute atomic E-state index is 0.141. The summed E-state index contributed by atoms with van der Waals surface area (Å²) in [4.78, 5) is 33.2. The van der Waals surface area contributed by atoms with E-state index in [-0.39, 0.29) is 12.6 Å². The molecule has 27 heavy (non-hydrogen) atoms. The number of likely N-dealkylation sites (N-methyl/N-ethyl adjacent to an activating group) is 1. The number of piperazine rings is 1. The largest absolute Gasteiger partial charge is 0.480 e. The van der Waals surface area contributed by atoms with Gasteiger partial charge < -0.3 is 25.1 Å². The van der Waals surface area contributed by atoms with Crippen LogP contribution in [0.25, 0.3) is 0 Å². The topological polar surface area (TPSA) is 89.0 Å². The van der Waals surface area contributed by atoms with E-state index in [1.165, 1.54) is 0 Å². The van der Waals surface area contributed by atoms with Crippen molar-refractivity contribution in [3.63, 3.8) is 0 Å². The molecule has 2 heterocycles. The first-order valence-electron chi connectivity index (χ1n) is 8.77.